The van der Waals surface area contributed by atoms with Crippen molar-refractivity contribution in [3.63, 3.8) is 0 Å². The Balaban J connectivity index is 1.57. The van der Waals surface area contributed by atoms with Crippen LogP contribution in [0.25, 0.3) is 11.1 Å². The summed E-state index contributed by atoms with van der Waals surface area (Å²) in [5, 5.41) is 0. The van der Waals surface area contributed by atoms with Crippen LogP contribution in [0.3, 0.4) is 0 Å². The molecule has 2 aromatic heterocycles. The SMILES string of the molecule is CN(C)c1nc(CNS(=O)(=O)c2ccc3oc(=O)[nH]c3c2)nc(N2CCOCC2)n1. The number of hydrogen-bond acceptors (Lipinski definition) is 10. The normalized spacial score (nSPS) is 14.9. The van der Waals surface area contributed by atoms with Gasteiger partial charge in [-0.1, -0.05) is 0 Å². The number of oxazole rings is 1. The van der Waals surface area contributed by atoms with Crippen molar-refractivity contribution < 1.29 is 17.6 Å². The molecule has 0 atom stereocenters. The lowest BCUT2D eigenvalue weighted by molar-refractivity contribution is 0.122. The maximum absolute atomic E-state index is 12.7. The fourth-order valence-electron chi connectivity index (χ4n) is 2.92. The number of aromatic amines is 1. The average Bonchev–Trinajstić information content (AvgIpc) is 3.12. The molecular formula is C17H21N7O5S. The monoisotopic (exact) mass is 435 g/mol. The predicted octanol–water partition coefficient (Wildman–Crippen LogP) is -0.313. The second-order valence-corrected chi connectivity index (χ2v) is 8.61. The second-order valence-electron chi connectivity index (χ2n) is 6.84. The molecular weight excluding hydrogens is 414 g/mol. The number of sulfonamides is 1. The van der Waals surface area contributed by atoms with Crippen LogP contribution in [0.4, 0.5) is 11.9 Å². The van der Waals surface area contributed by atoms with Gasteiger partial charge in [-0.2, -0.15) is 15.0 Å². The Kier molecular flexibility index (Phi) is 5.40. The Hall–Kier alpha value is -3.03. The van der Waals surface area contributed by atoms with Crippen LogP contribution in [-0.2, 0) is 21.3 Å². The Morgan fingerprint density at radius 3 is 2.70 bits per heavy atom. The van der Waals surface area contributed by atoms with Crippen LogP contribution in [-0.4, -0.2) is 68.8 Å². The van der Waals surface area contributed by atoms with Crippen LogP contribution in [0.2, 0.25) is 0 Å². The summed E-state index contributed by atoms with van der Waals surface area (Å²) in [5.41, 5.74) is 0.578. The smallest absolute Gasteiger partial charge is 0.408 e. The third kappa shape index (κ3) is 4.27. The Labute approximate surface area is 171 Å². The number of aromatic nitrogens is 4. The summed E-state index contributed by atoms with van der Waals surface area (Å²) in [6.45, 7) is 2.31. The van der Waals surface area contributed by atoms with E-state index in [0.717, 1.165) is 0 Å². The van der Waals surface area contributed by atoms with E-state index in [1.165, 1.54) is 18.2 Å². The summed E-state index contributed by atoms with van der Waals surface area (Å²) in [7, 11) is -0.275. The minimum Gasteiger partial charge on any atom is -0.408 e. The van der Waals surface area contributed by atoms with Crippen LogP contribution in [0, 0.1) is 0 Å². The molecule has 1 fully saturated rings. The zero-order valence-electron chi connectivity index (χ0n) is 16.5. The maximum atomic E-state index is 12.7. The minimum absolute atomic E-state index is 0.0117. The van der Waals surface area contributed by atoms with Crippen LogP contribution in [0.1, 0.15) is 5.82 Å². The topological polar surface area (TPSA) is 147 Å². The molecule has 13 heteroatoms. The quantitative estimate of drug-likeness (QED) is 0.528. The summed E-state index contributed by atoms with van der Waals surface area (Å²) in [4.78, 5) is 30.6. The third-order valence-corrected chi connectivity index (χ3v) is 5.87. The summed E-state index contributed by atoms with van der Waals surface area (Å²) >= 11 is 0. The lowest BCUT2D eigenvalue weighted by atomic mass is 10.3. The van der Waals surface area contributed by atoms with Gasteiger partial charge in [0.1, 0.15) is 0 Å². The number of hydrogen-bond donors (Lipinski definition) is 2. The number of anilines is 2. The summed E-state index contributed by atoms with van der Waals surface area (Å²) in [5.74, 6) is 0.544. The zero-order chi connectivity index (χ0) is 21.3. The van der Waals surface area contributed by atoms with Crippen LogP contribution in [0.5, 0.6) is 0 Å². The zero-order valence-corrected chi connectivity index (χ0v) is 17.3. The number of nitrogens with one attached hydrogen (secondary N) is 2. The molecule has 1 aliphatic heterocycles. The number of morpholine rings is 1. The largest absolute Gasteiger partial charge is 0.417 e. The van der Waals surface area contributed by atoms with Crippen molar-refractivity contribution in [1.29, 1.82) is 0 Å². The van der Waals surface area contributed by atoms with E-state index in [-0.39, 0.29) is 22.8 Å². The van der Waals surface area contributed by atoms with E-state index >= 15 is 0 Å². The molecule has 0 bridgehead atoms. The number of H-pyrrole nitrogens is 1. The van der Waals surface area contributed by atoms with Crippen molar-refractivity contribution >= 4 is 33.0 Å². The number of rotatable bonds is 6. The molecule has 0 amide bonds. The number of benzene rings is 1. The highest BCUT2D eigenvalue weighted by atomic mass is 32.2. The molecule has 30 heavy (non-hydrogen) atoms. The van der Waals surface area contributed by atoms with Crippen LogP contribution < -0.4 is 20.3 Å². The highest BCUT2D eigenvalue weighted by Crippen LogP contribution is 2.18. The van der Waals surface area contributed by atoms with Crippen LogP contribution >= 0.6 is 0 Å². The van der Waals surface area contributed by atoms with Gasteiger partial charge >= 0.3 is 5.76 Å². The van der Waals surface area contributed by atoms with E-state index in [1.54, 1.807) is 19.0 Å². The molecule has 12 nitrogen and oxygen atoms in total. The first-order chi connectivity index (χ1) is 14.3. The second kappa shape index (κ2) is 8.01. The fraction of sp³-hybridized carbons (Fsp3) is 0.412. The Morgan fingerprint density at radius 1 is 1.20 bits per heavy atom. The van der Waals surface area contributed by atoms with Crippen molar-refractivity contribution in [2.45, 2.75) is 11.4 Å². The predicted molar refractivity (Wildman–Crippen MR) is 108 cm³/mol. The van der Waals surface area contributed by atoms with Crippen LogP contribution in [0.15, 0.2) is 32.3 Å². The van der Waals surface area contributed by atoms with Gasteiger partial charge in [0.05, 0.1) is 30.2 Å². The molecule has 0 spiro atoms. The van der Waals surface area contributed by atoms with E-state index in [1.807, 2.05) is 4.90 Å². The van der Waals surface area contributed by atoms with Gasteiger partial charge < -0.3 is 19.0 Å². The van der Waals surface area contributed by atoms with Gasteiger partial charge in [0, 0.05) is 27.2 Å². The Morgan fingerprint density at radius 2 is 1.97 bits per heavy atom. The van der Waals surface area contributed by atoms with Gasteiger partial charge in [-0.25, -0.2) is 17.9 Å². The molecule has 0 saturated carbocycles. The van der Waals surface area contributed by atoms with Crippen molar-refractivity contribution in [1.82, 2.24) is 24.7 Å². The first-order valence-corrected chi connectivity index (χ1v) is 10.7. The molecule has 0 radical (unpaired) electrons. The van der Waals surface area contributed by atoms with Gasteiger partial charge in [0.2, 0.25) is 21.9 Å². The van der Waals surface area contributed by atoms with E-state index in [0.29, 0.717) is 43.7 Å². The van der Waals surface area contributed by atoms with Gasteiger partial charge in [0.25, 0.3) is 0 Å². The van der Waals surface area contributed by atoms with Crippen molar-refractivity contribution in [3.05, 3.63) is 34.6 Å². The molecule has 1 aliphatic rings. The van der Waals surface area contributed by atoms with E-state index in [9.17, 15) is 13.2 Å². The van der Waals surface area contributed by atoms with Gasteiger partial charge in [-0.15, -0.1) is 0 Å². The molecule has 0 unspecified atom stereocenters. The molecule has 3 aromatic rings. The third-order valence-electron chi connectivity index (χ3n) is 4.47. The molecule has 4 rings (SSSR count). The average molecular weight is 435 g/mol. The molecule has 1 saturated heterocycles. The summed E-state index contributed by atoms with van der Waals surface area (Å²) < 4.78 is 38.2. The highest BCUT2D eigenvalue weighted by Gasteiger charge is 2.20. The molecule has 3 heterocycles. The van der Waals surface area contributed by atoms with Gasteiger partial charge in [-0.3, -0.25) is 4.98 Å². The standard InChI is InChI=1S/C17H21N7O5S/c1-23(2)15-20-14(21-16(22-15)24-5-7-28-8-6-24)10-18-30(26,27)11-3-4-13-12(9-11)19-17(25)29-13/h3-4,9,18H,5-8,10H2,1-2H3,(H,19,25). The first kappa shape index (κ1) is 20.3. The number of fused-ring (bicyclic) bond motifs is 1. The van der Waals surface area contributed by atoms with Crippen molar-refractivity contribution in [2.24, 2.45) is 0 Å². The lowest BCUT2D eigenvalue weighted by Gasteiger charge is -2.27. The lowest BCUT2D eigenvalue weighted by Crippen LogP contribution is -2.38. The molecule has 0 aliphatic carbocycles. The van der Waals surface area contributed by atoms with Crippen molar-refractivity contribution in [3.8, 4) is 0 Å². The summed E-state index contributed by atoms with van der Waals surface area (Å²) in [6, 6.07) is 4.12. The molecule has 160 valence electrons. The first-order valence-electron chi connectivity index (χ1n) is 9.19. The van der Waals surface area contributed by atoms with Crippen molar-refractivity contribution in [2.75, 3.05) is 50.2 Å². The van der Waals surface area contributed by atoms with Gasteiger partial charge in [0.15, 0.2) is 11.4 Å². The van der Waals surface area contributed by atoms with E-state index in [4.69, 9.17) is 9.15 Å². The van der Waals surface area contributed by atoms with Gasteiger partial charge in [-0.05, 0) is 18.2 Å². The fourth-order valence-corrected chi connectivity index (χ4v) is 3.93. The highest BCUT2D eigenvalue weighted by molar-refractivity contribution is 7.89. The van der Waals surface area contributed by atoms with E-state index < -0.39 is 15.8 Å². The Bertz CT molecular complexity index is 1210. The van der Waals surface area contributed by atoms with E-state index in [2.05, 4.69) is 24.7 Å². The maximum Gasteiger partial charge on any atom is 0.417 e. The number of ether oxygens (including phenoxy) is 1. The minimum atomic E-state index is -3.87. The molecule has 2 N–H and O–H groups in total. The molecule has 1 aromatic carbocycles. The number of nitrogens with zero attached hydrogens (tertiary/aromatic N) is 5. The summed E-state index contributed by atoms with van der Waals surface area (Å²) in [6.07, 6.45) is 0.